The largest absolute Gasteiger partial charge is 0.383 e. The number of hydrogen-bond donors (Lipinski definition) is 1. The highest BCUT2D eigenvalue weighted by atomic mass is 32.2. The molecule has 0 fully saturated rings. The lowest BCUT2D eigenvalue weighted by atomic mass is 10.1. The van der Waals surface area contributed by atoms with Crippen molar-refractivity contribution in [1.29, 1.82) is 0 Å². The molecule has 2 aromatic carbocycles. The number of aryl methyl sites for hydroxylation is 2. The molecule has 0 bridgehead atoms. The van der Waals surface area contributed by atoms with Crippen LogP contribution in [0.3, 0.4) is 0 Å². The van der Waals surface area contributed by atoms with Gasteiger partial charge in [0.2, 0.25) is 5.91 Å². The molecule has 1 atom stereocenters. The first-order chi connectivity index (χ1) is 13.9. The highest BCUT2D eigenvalue weighted by Gasteiger charge is 2.16. The number of para-hydroxylation sites is 1. The maximum absolute atomic E-state index is 13.3. The number of aromatic nitrogens is 2. The number of carbonyl (C=O) groups is 1. The predicted octanol–water partition coefficient (Wildman–Crippen LogP) is 3.25. The number of rotatable bonds is 7. The van der Waals surface area contributed by atoms with Gasteiger partial charge in [0.25, 0.3) is 5.56 Å². The van der Waals surface area contributed by atoms with Gasteiger partial charge in [0.1, 0.15) is 0 Å². The number of nitrogens with one attached hydrogen (secondary N) is 1. The van der Waals surface area contributed by atoms with Crippen molar-refractivity contribution in [2.45, 2.75) is 32.0 Å². The van der Waals surface area contributed by atoms with Crippen molar-refractivity contribution in [2.75, 3.05) is 19.5 Å². The van der Waals surface area contributed by atoms with E-state index in [2.05, 4.69) is 10.3 Å². The first-order valence-electron chi connectivity index (χ1n) is 9.41. The van der Waals surface area contributed by atoms with Gasteiger partial charge in [-0.1, -0.05) is 41.6 Å². The zero-order valence-electron chi connectivity index (χ0n) is 17.1. The minimum absolute atomic E-state index is 0.0841. The van der Waals surface area contributed by atoms with Gasteiger partial charge in [0.15, 0.2) is 5.16 Å². The van der Waals surface area contributed by atoms with Crippen LogP contribution in [0.4, 0.5) is 0 Å². The molecular formula is C22H25N3O3S. The van der Waals surface area contributed by atoms with Gasteiger partial charge in [-0.2, -0.15) is 0 Å². The average molecular weight is 412 g/mol. The topological polar surface area (TPSA) is 73.2 Å². The average Bonchev–Trinajstić information content (AvgIpc) is 2.67. The Kier molecular flexibility index (Phi) is 6.71. The van der Waals surface area contributed by atoms with E-state index in [4.69, 9.17) is 4.74 Å². The summed E-state index contributed by atoms with van der Waals surface area (Å²) < 4.78 is 6.66. The molecule has 0 aliphatic heterocycles. The second-order valence-electron chi connectivity index (χ2n) is 7.05. The molecule has 152 valence electrons. The highest BCUT2D eigenvalue weighted by molar-refractivity contribution is 7.99. The van der Waals surface area contributed by atoms with Crippen LogP contribution in [0.25, 0.3) is 16.6 Å². The zero-order valence-corrected chi connectivity index (χ0v) is 17.9. The van der Waals surface area contributed by atoms with E-state index in [-0.39, 0.29) is 23.3 Å². The van der Waals surface area contributed by atoms with E-state index in [0.717, 1.165) is 16.8 Å². The van der Waals surface area contributed by atoms with Crippen molar-refractivity contribution in [3.8, 4) is 5.69 Å². The smallest absolute Gasteiger partial charge is 0.266 e. The molecule has 1 amide bonds. The normalized spacial score (nSPS) is 12.1. The van der Waals surface area contributed by atoms with Crippen LogP contribution < -0.4 is 10.9 Å². The molecule has 1 aromatic heterocycles. The lowest BCUT2D eigenvalue weighted by Gasteiger charge is -2.16. The fourth-order valence-corrected chi connectivity index (χ4v) is 4.03. The number of nitrogens with zero attached hydrogens (tertiary/aromatic N) is 2. The minimum atomic E-state index is -0.141. The van der Waals surface area contributed by atoms with E-state index in [9.17, 15) is 9.59 Å². The second-order valence-corrected chi connectivity index (χ2v) is 8.00. The highest BCUT2D eigenvalue weighted by Crippen LogP contribution is 2.23. The number of hydrogen-bond acceptors (Lipinski definition) is 5. The summed E-state index contributed by atoms with van der Waals surface area (Å²) in [6.07, 6.45) is 0. The van der Waals surface area contributed by atoms with E-state index >= 15 is 0 Å². The van der Waals surface area contributed by atoms with Crippen molar-refractivity contribution in [1.82, 2.24) is 14.9 Å². The van der Waals surface area contributed by atoms with Crippen LogP contribution >= 0.6 is 11.8 Å². The first-order valence-corrected chi connectivity index (χ1v) is 10.4. The Morgan fingerprint density at radius 1 is 1.24 bits per heavy atom. The molecule has 0 aliphatic carbocycles. The summed E-state index contributed by atoms with van der Waals surface area (Å²) in [6.45, 7) is 6.31. The van der Waals surface area contributed by atoms with Crippen molar-refractivity contribution < 1.29 is 9.53 Å². The Bertz CT molecular complexity index is 1090. The first kappa shape index (κ1) is 21.1. The van der Waals surface area contributed by atoms with Gasteiger partial charge in [-0.25, -0.2) is 4.98 Å². The van der Waals surface area contributed by atoms with E-state index in [1.807, 2.05) is 57.2 Å². The van der Waals surface area contributed by atoms with E-state index in [1.165, 1.54) is 11.8 Å². The van der Waals surface area contributed by atoms with E-state index < -0.39 is 0 Å². The van der Waals surface area contributed by atoms with Gasteiger partial charge in [-0.15, -0.1) is 0 Å². The molecule has 1 heterocycles. The van der Waals surface area contributed by atoms with Crippen LogP contribution in [0.2, 0.25) is 0 Å². The molecule has 3 aromatic rings. The fraction of sp³-hybridized carbons (Fsp3) is 0.318. The molecule has 1 N–H and O–H groups in total. The van der Waals surface area contributed by atoms with E-state index in [0.29, 0.717) is 22.7 Å². The third kappa shape index (κ3) is 4.86. The molecular weight excluding hydrogens is 386 g/mol. The molecule has 3 rings (SSSR count). The molecule has 0 spiro atoms. The van der Waals surface area contributed by atoms with Crippen LogP contribution in [-0.2, 0) is 9.53 Å². The molecule has 7 heteroatoms. The summed E-state index contributed by atoms with van der Waals surface area (Å²) in [5.41, 5.74) is 3.35. The standard InChI is InChI=1S/C22H25N3O3S/c1-14-9-10-19(15(2)11-14)25-21(27)17-7-5-6-8-18(17)24-22(25)29-13-20(26)23-16(3)12-28-4/h5-11,16H,12-13H2,1-4H3,(H,23,26)/t16-/m0/s1. The Morgan fingerprint density at radius 2 is 2.00 bits per heavy atom. The van der Waals surface area contributed by atoms with Crippen molar-refractivity contribution in [3.05, 3.63) is 63.9 Å². The maximum Gasteiger partial charge on any atom is 0.266 e. The molecule has 0 saturated heterocycles. The van der Waals surface area contributed by atoms with Gasteiger partial charge in [0.05, 0.1) is 29.0 Å². The summed E-state index contributed by atoms with van der Waals surface area (Å²) in [5, 5.41) is 3.93. The summed E-state index contributed by atoms with van der Waals surface area (Å²) in [6, 6.07) is 13.1. The number of benzene rings is 2. The quantitative estimate of drug-likeness (QED) is 0.477. The van der Waals surface area contributed by atoms with Crippen molar-refractivity contribution in [2.24, 2.45) is 0 Å². The Hall–Kier alpha value is -2.64. The van der Waals surface area contributed by atoms with Crippen LogP contribution in [-0.4, -0.2) is 41.0 Å². The molecule has 0 radical (unpaired) electrons. The van der Waals surface area contributed by atoms with Gasteiger partial charge in [0, 0.05) is 13.2 Å². The Balaban J connectivity index is 2.01. The van der Waals surface area contributed by atoms with E-state index in [1.54, 1.807) is 17.7 Å². The van der Waals surface area contributed by atoms with Crippen molar-refractivity contribution in [3.63, 3.8) is 0 Å². The molecule has 0 saturated carbocycles. The fourth-order valence-electron chi connectivity index (χ4n) is 3.22. The maximum atomic E-state index is 13.3. The summed E-state index contributed by atoms with van der Waals surface area (Å²) in [5.74, 6) is 0.0261. The summed E-state index contributed by atoms with van der Waals surface area (Å²) in [7, 11) is 1.60. The van der Waals surface area contributed by atoms with Crippen LogP contribution in [0.5, 0.6) is 0 Å². The van der Waals surface area contributed by atoms with Crippen LogP contribution in [0.15, 0.2) is 52.4 Å². The minimum Gasteiger partial charge on any atom is -0.383 e. The third-order valence-electron chi connectivity index (χ3n) is 4.49. The molecule has 0 unspecified atom stereocenters. The lowest BCUT2D eigenvalue weighted by Crippen LogP contribution is -2.36. The number of carbonyl (C=O) groups excluding carboxylic acids is 1. The number of fused-ring (bicyclic) bond motifs is 1. The number of thioether (sulfide) groups is 1. The summed E-state index contributed by atoms with van der Waals surface area (Å²) >= 11 is 1.25. The zero-order chi connectivity index (χ0) is 21.0. The molecule has 0 aliphatic rings. The lowest BCUT2D eigenvalue weighted by molar-refractivity contribution is -0.119. The van der Waals surface area contributed by atoms with Gasteiger partial charge in [-0.3, -0.25) is 14.2 Å². The van der Waals surface area contributed by atoms with Crippen LogP contribution in [0.1, 0.15) is 18.1 Å². The summed E-state index contributed by atoms with van der Waals surface area (Å²) in [4.78, 5) is 30.3. The Morgan fingerprint density at radius 3 is 2.72 bits per heavy atom. The number of ether oxygens (including phenoxy) is 1. The predicted molar refractivity (Wildman–Crippen MR) is 117 cm³/mol. The molecule has 6 nitrogen and oxygen atoms in total. The monoisotopic (exact) mass is 411 g/mol. The Labute approximate surface area is 174 Å². The van der Waals surface area contributed by atoms with Gasteiger partial charge < -0.3 is 10.1 Å². The second kappa shape index (κ2) is 9.24. The van der Waals surface area contributed by atoms with Gasteiger partial charge in [-0.05, 0) is 44.5 Å². The number of methoxy groups -OCH3 is 1. The third-order valence-corrected chi connectivity index (χ3v) is 5.43. The van der Waals surface area contributed by atoms with Gasteiger partial charge >= 0.3 is 0 Å². The SMILES string of the molecule is COC[C@H](C)NC(=O)CSc1nc2ccccc2c(=O)n1-c1ccc(C)cc1C. The molecule has 29 heavy (non-hydrogen) atoms. The van der Waals surface area contributed by atoms with Crippen molar-refractivity contribution >= 4 is 28.6 Å². The number of amides is 1. The van der Waals surface area contributed by atoms with Crippen LogP contribution in [0, 0.1) is 13.8 Å².